The molecule has 0 radical (unpaired) electrons. The molecule has 0 aliphatic rings. The lowest BCUT2D eigenvalue weighted by atomic mass is 10.2. The van der Waals surface area contributed by atoms with Crippen LogP contribution in [-0.4, -0.2) is 42.9 Å². The predicted octanol–water partition coefficient (Wildman–Crippen LogP) is 1.65. The molecule has 0 heterocycles. The average molecular weight is 316 g/mol. The van der Waals surface area contributed by atoms with Crippen LogP contribution >= 0.6 is 15.9 Å². The molecule has 0 fully saturated rings. The second-order valence-electron chi connectivity index (χ2n) is 3.75. The smallest absolute Gasteiger partial charge is 0.284 e. The molecular formula is C11H14BrN3O3. The molecule has 98 valence electrons. The summed E-state index contributed by atoms with van der Waals surface area (Å²) < 4.78 is 0.363. The van der Waals surface area contributed by atoms with Crippen LogP contribution in [0.15, 0.2) is 22.7 Å². The minimum absolute atomic E-state index is 0.108. The van der Waals surface area contributed by atoms with Gasteiger partial charge in [-0.05, 0) is 35.1 Å². The molecule has 0 spiro atoms. The van der Waals surface area contributed by atoms with Crippen molar-refractivity contribution in [3.8, 4) is 0 Å². The second-order valence-corrected chi connectivity index (χ2v) is 4.61. The highest BCUT2D eigenvalue weighted by atomic mass is 79.9. The van der Waals surface area contributed by atoms with Crippen molar-refractivity contribution in [2.45, 2.75) is 0 Å². The summed E-state index contributed by atoms with van der Waals surface area (Å²) in [4.78, 5) is 23.8. The number of amides is 1. The highest BCUT2D eigenvalue weighted by Crippen LogP contribution is 2.25. The molecule has 0 aliphatic heterocycles. The third-order valence-electron chi connectivity index (χ3n) is 2.43. The van der Waals surface area contributed by atoms with E-state index in [1.165, 1.54) is 17.0 Å². The first kappa shape index (κ1) is 14.6. The molecular weight excluding hydrogens is 302 g/mol. The van der Waals surface area contributed by atoms with Gasteiger partial charge in [0, 0.05) is 31.8 Å². The van der Waals surface area contributed by atoms with Crippen molar-refractivity contribution in [2.24, 2.45) is 0 Å². The van der Waals surface area contributed by atoms with Gasteiger partial charge in [0.25, 0.3) is 11.6 Å². The van der Waals surface area contributed by atoms with Gasteiger partial charge in [0.05, 0.1) is 9.40 Å². The molecule has 1 amide bonds. The van der Waals surface area contributed by atoms with Crippen molar-refractivity contribution >= 4 is 27.5 Å². The van der Waals surface area contributed by atoms with E-state index in [1.54, 1.807) is 20.2 Å². The van der Waals surface area contributed by atoms with Crippen LogP contribution in [0.25, 0.3) is 0 Å². The Morgan fingerprint density at radius 3 is 2.78 bits per heavy atom. The van der Waals surface area contributed by atoms with E-state index in [-0.39, 0.29) is 11.6 Å². The summed E-state index contributed by atoms with van der Waals surface area (Å²) in [7, 11) is 3.45. The summed E-state index contributed by atoms with van der Waals surface area (Å²) in [6.45, 7) is 1.21. The quantitative estimate of drug-likeness (QED) is 0.662. The SMILES string of the molecule is CNCCN(C)C(=O)c1ccc(Br)c([N+](=O)[O-])c1. The Kier molecular flexibility index (Phi) is 5.24. The number of nitrogens with zero attached hydrogens (tertiary/aromatic N) is 2. The van der Waals surface area contributed by atoms with Gasteiger partial charge in [-0.3, -0.25) is 14.9 Å². The minimum atomic E-state index is -0.519. The van der Waals surface area contributed by atoms with Crippen LogP contribution in [0, 0.1) is 10.1 Å². The van der Waals surface area contributed by atoms with Gasteiger partial charge in [0.2, 0.25) is 0 Å². The Bertz CT molecular complexity index is 465. The average Bonchev–Trinajstić information content (AvgIpc) is 2.35. The number of carbonyl (C=O) groups is 1. The molecule has 0 bridgehead atoms. The lowest BCUT2D eigenvalue weighted by Gasteiger charge is -2.16. The lowest BCUT2D eigenvalue weighted by Crippen LogP contribution is -2.32. The van der Waals surface area contributed by atoms with Crippen LogP contribution in [0.5, 0.6) is 0 Å². The summed E-state index contributed by atoms with van der Waals surface area (Å²) >= 11 is 3.08. The molecule has 1 aromatic rings. The standard InChI is InChI=1S/C11H14BrN3O3/c1-13-5-6-14(2)11(16)8-3-4-9(12)10(7-8)15(17)18/h3-4,7,13H,5-6H2,1-2H3. The zero-order chi connectivity index (χ0) is 13.7. The molecule has 1 rings (SSSR count). The number of halogens is 1. The number of benzene rings is 1. The van der Waals surface area contributed by atoms with Gasteiger partial charge in [-0.2, -0.15) is 0 Å². The fraction of sp³-hybridized carbons (Fsp3) is 0.364. The number of nitrogens with one attached hydrogen (secondary N) is 1. The number of likely N-dealkylation sites (N-methyl/N-ethyl adjacent to an activating group) is 2. The van der Waals surface area contributed by atoms with E-state index >= 15 is 0 Å². The van der Waals surface area contributed by atoms with Crippen molar-refractivity contribution in [1.29, 1.82) is 0 Å². The third kappa shape index (κ3) is 3.51. The Balaban J connectivity index is 2.93. The molecule has 1 N–H and O–H groups in total. The monoisotopic (exact) mass is 315 g/mol. The van der Waals surface area contributed by atoms with Crippen LogP contribution < -0.4 is 5.32 Å². The molecule has 0 aromatic heterocycles. The Morgan fingerprint density at radius 1 is 1.56 bits per heavy atom. The number of hydrogen-bond acceptors (Lipinski definition) is 4. The van der Waals surface area contributed by atoms with Gasteiger partial charge in [0.1, 0.15) is 0 Å². The van der Waals surface area contributed by atoms with E-state index in [0.29, 0.717) is 23.1 Å². The minimum Gasteiger partial charge on any atom is -0.340 e. The first-order valence-electron chi connectivity index (χ1n) is 5.31. The van der Waals surface area contributed by atoms with Crippen LogP contribution in [0.3, 0.4) is 0 Å². The van der Waals surface area contributed by atoms with Crippen LogP contribution in [0.1, 0.15) is 10.4 Å². The number of hydrogen-bond donors (Lipinski definition) is 1. The zero-order valence-electron chi connectivity index (χ0n) is 10.1. The van der Waals surface area contributed by atoms with Gasteiger partial charge in [-0.15, -0.1) is 0 Å². The van der Waals surface area contributed by atoms with Gasteiger partial charge < -0.3 is 10.2 Å². The van der Waals surface area contributed by atoms with Crippen molar-refractivity contribution in [3.05, 3.63) is 38.3 Å². The van der Waals surface area contributed by atoms with Crippen LogP contribution in [-0.2, 0) is 0 Å². The van der Waals surface area contributed by atoms with E-state index < -0.39 is 4.92 Å². The molecule has 7 heteroatoms. The van der Waals surface area contributed by atoms with E-state index in [2.05, 4.69) is 21.2 Å². The van der Waals surface area contributed by atoms with Gasteiger partial charge in [-0.25, -0.2) is 0 Å². The molecule has 0 saturated heterocycles. The second kappa shape index (κ2) is 6.46. The third-order valence-corrected chi connectivity index (χ3v) is 3.10. The summed E-state index contributed by atoms with van der Waals surface area (Å²) in [6, 6.07) is 4.36. The fourth-order valence-electron chi connectivity index (χ4n) is 1.39. The van der Waals surface area contributed by atoms with Crippen molar-refractivity contribution in [2.75, 3.05) is 27.2 Å². The maximum absolute atomic E-state index is 12.0. The Labute approximate surface area is 113 Å². The highest BCUT2D eigenvalue weighted by Gasteiger charge is 2.17. The number of nitro groups is 1. The van der Waals surface area contributed by atoms with Crippen molar-refractivity contribution in [3.63, 3.8) is 0 Å². The fourth-order valence-corrected chi connectivity index (χ4v) is 1.78. The number of rotatable bonds is 5. The summed E-state index contributed by atoms with van der Waals surface area (Å²) in [5.41, 5.74) is 0.200. The van der Waals surface area contributed by atoms with Gasteiger partial charge in [-0.1, -0.05) is 0 Å². The highest BCUT2D eigenvalue weighted by molar-refractivity contribution is 9.10. The van der Waals surface area contributed by atoms with E-state index in [9.17, 15) is 14.9 Å². The first-order chi connectivity index (χ1) is 8.47. The molecule has 0 saturated carbocycles. The molecule has 0 aliphatic carbocycles. The normalized spacial score (nSPS) is 10.2. The van der Waals surface area contributed by atoms with Gasteiger partial charge in [0.15, 0.2) is 0 Å². The number of nitro benzene ring substituents is 1. The van der Waals surface area contributed by atoms with Crippen LogP contribution in [0.4, 0.5) is 5.69 Å². The van der Waals surface area contributed by atoms with Crippen molar-refractivity contribution in [1.82, 2.24) is 10.2 Å². The summed E-state index contributed by atoms with van der Waals surface area (Å²) in [5.74, 6) is -0.235. The van der Waals surface area contributed by atoms with Gasteiger partial charge >= 0.3 is 0 Å². The zero-order valence-corrected chi connectivity index (χ0v) is 11.7. The summed E-state index contributed by atoms with van der Waals surface area (Å²) in [5, 5.41) is 13.7. The van der Waals surface area contributed by atoms with E-state index in [1.807, 2.05) is 0 Å². The molecule has 1 aromatic carbocycles. The molecule has 0 atom stereocenters. The Hall–Kier alpha value is -1.47. The topological polar surface area (TPSA) is 75.5 Å². The first-order valence-corrected chi connectivity index (χ1v) is 6.10. The number of carbonyl (C=O) groups excluding carboxylic acids is 1. The molecule has 0 unspecified atom stereocenters. The molecule has 18 heavy (non-hydrogen) atoms. The maximum Gasteiger partial charge on any atom is 0.284 e. The maximum atomic E-state index is 12.0. The Morgan fingerprint density at radius 2 is 2.22 bits per heavy atom. The van der Waals surface area contributed by atoms with Crippen LogP contribution in [0.2, 0.25) is 0 Å². The summed E-state index contributed by atoms with van der Waals surface area (Å²) in [6.07, 6.45) is 0. The molecule has 6 nitrogen and oxygen atoms in total. The van der Waals surface area contributed by atoms with E-state index in [4.69, 9.17) is 0 Å². The lowest BCUT2D eigenvalue weighted by molar-refractivity contribution is -0.385. The predicted molar refractivity (Wildman–Crippen MR) is 71.7 cm³/mol. The van der Waals surface area contributed by atoms with Crippen molar-refractivity contribution < 1.29 is 9.72 Å². The van der Waals surface area contributed by atoms with E-state index in [0.717, 1.165) is 0 Å². The largest absolute Gasteiger partial charge is 0.340 e.